The van der Waals surface area contributed by atoms with Crippen LogP contribution in [-0.4, -0.2) is 65.5 Å². The molecule has 2 fully saturated rings. The molecule has 1 aliphatic carbocycles. The van der Waals surface area contributed by atoms with Gasteiger partial charge in [-0.3, -0.25) is 14.5 Å². The van der Waals surface area contributed by atoms with Crippen LogP contribution in [-0.2, 0) is 4.74 Å². The van der Waals surface area contributed by atoms with Crippen molar-refractivity contribution < 1.29 is 14.3 Å². The molecule has 9 heteroatoms. The smallest absolute Gasteiger partial charge is 0.257 e. The molecule has 1 aromatic heterocycles. The Bertz CT molecular complexity index is 915. The number of ether oxygens (including phenoxy) is 1. The van der Waals surface area contributed by atoms with Crippen LogP contribution in [0.25, 0.3) is 5.69 Å². The van der Waals surface area contributed by atoms with E-state index in [1.165, 1.54) is 10.9 Å². The third kappa shape index (κ3) is 4.41. The lowest BCUT2D eigenvalue weighted by atomic mass is 10.1. The zero-order valence-corrected chi connectivity index (χ0v) is 16.5. The summed E-state index contributed by atoms with van der Waals surface area (Å²) < 4.78 is 6.82. The number of nitrogens with one attached hydrogen (secondary N) is 2. The van der Waals surface area contributed by atoms with E-state index in [1.807, 2.05) is 13.0 Å². The van der Waals surface area contributed by atoms with Crippen molar-refractivity contribution in [3.8, 4) is 5.69 Å². The molecule has 1 aromatic carbocycles. The second-order valence-electron chi connectivity index (χ2n) is 7.50. The Morgan fingerprint density at radius 2 is 2.00 bits per heavy atom. The van der Waals surface area contributed by atoms with Crippen molar-refractivity contribution in [2.24, 2.45) is 0 Å². The fourth-order valence-electron chi connectivity index (χ4n) is 3.24. The van der Waals surface area contributed by atoms with Crippen molar-refractivity contribution in [3.05, 3.63) is 41.1 Å². The molecule has 1 saturated heterocycles. The molecule has 0 spiro atoms. The number of aryl methyl sites for hydroxylation is 1. The minimum Gasteiger partial charge on any atom is -0.383 e. The molecule has 29 heavy (non-hydrogen) atoms. The number of carbonyl (C=O) groups excluding carboxylic acids is 2. The van der Waals surface area contributed by atoms with E-state index in [9.17, 15) is 9.59 Å². The highest BCUT2D eigenvalue weighted by atomic mass is 16.5. The van der Waals surface area contributed by atoms with E-state index in [0.29, 0.717) is 36.7 Å². The average molecular weight is 398 g/mol. The normalized spacial score (nSPS) is 17.1. The first-order valence-electron chi connectivity index (χ1n) is 9.86. The first-order valence-corrected chi connectivity index (χ1v) is 9.86. The quantitative estimate of drug-likeness (QED) is 0.659. The average Bonchev–Trinajstić information content (AvgIpc) is 3.46. The number of morpholine rings is 1. The van der Waals surface area contributed by atoms with E-state index in [2.05, 4.69) is 20.6 Å². The Kier molecular flexibility index (Phi) is 5.50. The maximum atomic E-state index is 12.6. The van der Waals surface area contributed by atoms with Crippen LogP contribution in [0.2, 0.25) is 0 Å². The number of aromatic nitrogens is 2. The van der Waals surface area contributed by atoms with Gasteiger partial charge in [-0.1, -0.05) is 6.07 Å². The van der Waals surface area contributed by atoms with Crippen molar-refractivity contribution in [2.75, 3.05) is 38.7 Å². The SMILES string of the molecule is Cc1ccc(C(=O)NC2CC2)cc1-n1ncc(C(=O)NCN2CCOCC2)c1N. The van der Waals surface area contributed by atoms with Gasteiger partial charge in [-0.15, -0.1) is 0 Å². The predicted molar refractivity (Wildman–Crippen MR) is 108 cm³/mol. The summed E-state index contributed by atoms with van der Waals surface area (Å²) in [5.41, 5.74) is 8.68. The number of nitrogens with two attached hydrogens (primary N) is 1. The molecular weight excluding hydrogens is 372 g/mol. The van der Waals surface area contributed by atoms with Crippen molar-refractivity contribution in [2.45, 2.75) is 25.8 Å². The zero-order chi connectivity index (χ0) is 20.4. The van der Waals surface area contributed by atoms with E-state index in [4.69, 9.17) is 10.5 Å². The summed E-state index contributed by atoms with van der Waals surface area (Å²) in [6.07, 6.45) is 3.51. The number of nitrogens with zero attached hydrogens (tertiary/aromatic N) is 3. The number of hydrogen-bond donors (Lipinski definition) is 3. The van der Waals surface area contributed by atoms with Crippen molar-refractivity contribution in [3.63, 3.8) is 0 Å². The number of rotatable bonds is 6. The van der Waals surface area contributed by atoms with Crippen LogP contribution < -0.4 is 16.4 Å². The summed E-state index contributed by atoms with van der Waals surface area (Å²) in [5, 5.41) is 10.2. The molecule has 4 N–H and O–H groups in total. The molecule has 4 rings (SSSR count). The molecule has 154 valence electrons. The Morgan fingerprint density at radius 3 is 2.72 bits per heavy atom. The number of amides is 2. The summed E-state index contributed by atoms with van der Waals surface area (Å²) in [7, 11) is 0. The summed E-state index contributed by atoms with van der Waals surface area (Å²) in [4.78, 5) is 27.1. The van der Waals surface area contributed by atoms with Gasteiger partial charge in [-0.25, -0.2) is 4.68 Å². The van der Waals surface area contributed by atoms with E-state index in [0.717, 1.165) is 31.5 Å². The van der Waals surface area contributed by atoms with Crippen LogP contribution in [0.4, 0.5) is 5.82 Å². The highest BCUT2D eigenvalue weighted by Crippen LogP contribution is 2.23. The molecule has 2 aliphatic rings. The van der Waals surface area contributed by atoms with Crippen LogP contribution in [0.5, 0.6) is 0 Å². The highest BCUT2D eigenvalue weighted by molar-refractivity contribution is 5.98. The minimum absolute atomic E-state index is 0.108. The van der Waals surface area contributed by atoms with Crippen LogP contribution >= 0.6 is 0 Å². The fraction of sp³-hybridized carbons (Fsp3) is 0.450. The number of nitrogen functional groups attached to an aromatic ring is 1. The minimum atomic E-state index is -0.277. The van der Waals surface area contributed by atoms with Crippen LogP contribution in [0, 0.1) is 6.92 Å². The predicted octanol–water partition coefficient (Wildman–Crippen LogP) is 0.675. The van der Waals surface area contributed by atoms with Gasteiger partial charge in [0.1, 0.15) is 11.4 Å². The Labute approximate surface area is 169 Å². The summed E-state index contributed by atoms with van der Waals surface area (Å²) in [6.45, 7) is 5.24. The molecule has 1 saturated carbocycles. The summed E-state index contributed by atoms with van der Waals surface area (Å²) >= 11 is 0. The maximum absolute atomic E-state index is 12.6. The van der Waals surface area contributed by atoms with Crippen molar-refractivity contribution in [1.29, 1.82) is 0 Å². The molecule has 2 amide bonds. The largest absolute Gasteiger partial charge is 0.383 e. The number of hydrogen-bond acceptors (Lipinski definition) is 6. The third-order valence-corrected chi connectivity index (χ3v) is 5.23. The van der Waals surface area contributed by atoms with Crippen molar-refractivity contribution in [1.82, 2.24) is 25.3 Å². The standard InChI is InChI=1S/C20H26N6O3/c1-13-2-3-14(19(27)24-15-4-5-15)10-17(13)26-18(21)16(11-23-26)20(28)22-12-25-6-8-29-9-7-25/h2-3,10-11,15H,4-9,12,21H2,1H3,(H,22,28)(H,24,27). The van der Waals surface area contributed by atoms with Gasteiger partial charge in [0.15, 0.2) is 0 Å². The molecule has 0 bridgehead atoms. The maximum Gasteiger partial charge on any atom is 0.257 e. The fourth-order valence-corrected chi connectivity index (χ4v) is 3.24. The Morgan fingerprint density at radius 1 is 1.24 bits per heavy atom. The molecule has 0 unspecified atom stereocenters. The van der Waals surface area contributed by atoms with E-state index in [1.54, 1.807) is 12.1 Å². The Hall–Kier alpha value is -2.91. The molecule has 0 atom stereocenters. The second-order valence-corrected chi connectivity index (χ2v) is 7.50. The van der Waals surface area contributed by atoms with Gasteiger partial charge in [0.25, 0.3) is 11.8 Å². The molecular formula is C20H26N6O3. The van der Waals surface area contributed by atoms with Gasteiger partial charge in [-0.05, 0) is 37.5 Å². The second kappa shape index (κ2) is 8.22. The van der Waals surface area contributed by atoms with Gasteiger partial charge in [0.2, 0.25) is 0 Å². The van der Waals surface area contributed by atoms with Crippen LogP contribution in [0.3, 0.4) is 0 Å². The Balaban J connectivity index is 1.49. The zero-order valence-electron chi connectivity index (χ0n) is 16.5. The van der Waals surface area contributed by atoms with Crippen molar-refractivity contribution >= 4 is 17.6 Å². The first kappa shape index (κ1) is 19.4. The van der Waals surface area contributed by atoms with Gasteiger partial charge in [-0.2, -0.15) is 5.10 Å². The third-order valence-electron chi connectivity index (χ3n) is 5.23. The summed E-state index contributed by atoms with van der Waals surface area (Å²) in [6, 6.07) is 5.68. The van der Waals surface area contributed by atoms with Gasteiger partial charge < -0.3 is 21.1 Å². The lowest BCUT2D eigenvalue weighted by Crippen LogP contribution is -2.43. The molecule has 9 nitrogen and oxygen atoms in total. The van der Waals surface area contributed by atoms with Gasteiger partial charge in [0.05, 0.1) is 31.8 Å². The monoisotopic (exact) mass is 398 g/mol. The van der Waals surface area contributed by atoms with Gasteiger partial charge >= 0.3 is 0 Å². The lowest BCUT2D eigenvalue weighted by Gasteiger charge is -2.26. The molecule has 2 heterocycles. The topological polar surface area (TPSA) is 115 Å². The first-order chi connectivity index (χ1) is 14.0. The summed E-state index contributed by atoms with van der Waals surface area (Å²) in [5.74, 6) is -0.143. The highest BCUT2D eigenvalue weighted by Gasteiger charge is 2.24. The number of anilines is 1. The van der Waals surface area contributed by atoms with Crippen LogP contribution in [0.15, 0.2) is 24.4 Å². The van der Waals surface area contributed by atoms with Crippen LogP contribution in [0.1, 0.15) is 39.1 Å². The number of carbonyl (C=O) groups is 2. The molecule has 0 radical (unpaired) electrons. The van der Waals surface area contributed by atoms with E-state index >= 15 is 0 Å². The molecule has 1 aliphatic heterocycles. The van der Waals surface area contributed by atoms with E-state index < -0.39 is 0 Å². The van der Waals surface area contributed by atoms with Gasteiger partial charge in [0, 0.05) is 24.7 Å². The lowest BCUT2D eigenvalue weighted by molar-refractivity contribution is 0.0334. The van der Waals surface area contributed by atoms with E-state index in [-0.39, 0.29) is 23.7 Å². The molecule has 2 aromatic rings. The number of benzene rings is 1.